The third-order valence-electron chi connectivity index (χ3n) is 4.63. The summed E-state index contributed by atoms with van der Waals surface area (Å²) >= 11 is 0. The monoisotopic (exact) mass is 364 g/mol. The molecule has 5 heteroatoms. The zero-order chi connectivity index (χ0) is 18.4. The van der Waals surface area contributed by atoms with Gasteiger partial charge in [0.2, 0.25) is 0 Å². The number of aryl methyl sites for hydroxylation is 2. The molecule has 0 unspecified atom stereocenters. The first-order valence-corrected chi connectivity index (χ1v) is 10.8. The van der Waals surface area contributed by atoms with Crippen molar-refractivity contribution in [2.75, 3.05) is 5.75 Å². The van der Waals surface area contributed by atoms with Crippen molar-refractivity contribution < 1.29 is 12.8 Å². The van der Waals surface area contributed by atoms with Crippen LogP contribution in [0.15, 0.2) is 33.5 Å². The lowest BCUT2D eigenvalue weighted by atomic mass is 10.0. The third-order valence-corrected chi connectivity index (χ3v) is 6.92. The highest BCUT2D eigenvalue weighted by molar-refractivity contribution is 7.91. The quantitative estimate of drug-likeness (QED) is 0.488. The minimum absolute atomic E-state index is 0.274. The highest BCUT2D eigenvalue weighted by atomic mass is 32.2. The number of rotatable bonds is 9. The van der Waals surface area contributed by atoms with Crippen LogP contribution >= 0.6 is 0 Å². The summed E-state index contributed by atoms with van der Waals surface area (Å²) in [6.07, 6.45) is 5.84. The van der Waals surface area contributed by atoms with Gasteiger partial charge < -0.3 is 4.42 Å². The average Bonchev–Trinajstić information content (AvgIpc) is 2.53. The Morgan fingerprint density at radius 1 is 1.00 bits per heavy atom. The van der Waals surface area contributed by atoms with E-state index in [1.807, 2.05) is 19.1 Å². The number of hydrogen-bond donors (Lipinski definition) is 0. The van der Waals surface area contributed by atoms with E-state index < -0.39 is 9.84 Å². The summed E-state index contributed by atoms with van der Waals surface area (Å²) in [6, 6.07) is 7.57. The first-order chi connectivity index (χ1) is 11.8. The van der Waals surface area contributed by atoms with Crippen LogP contribution in [0.4, 0.5) is 0 Å². The second kappa shape index (κ2) is 8.65. The molecule has 0 radical (unpaired) electrons. The van der Waals surface area contributed by atoms with Crippen molar-refractivity contribution in [3.63, 3.8) is 0 Å². The molecule has 0 spiro atoms. The van der Waals surface area contributed by atoms with Crippen molar-refractivity contribution in [3.05, 3.63) is 45.8 Å². The molecule has 0 atom stereocenters. The Hall–Kier alpha value is -1.62. The van der Waals surface area contributed by atoms with E-state index in [1.54, 1.807) is 13.8 Å². The fraction of sp³-hybridized carbons (Fsp3) is 0.550. The van der Waals surface area contributed by atoms with Crippen LogP contribution in [0.3, 0.4) is 0 Å². The number of fused-ring (bicyclic) bond motifs is 1. The van der Waals surface area contributed by atoms with Crippen LogP contribution in [-0.4, -0.2) is 19.4 Å². The van der Waals surface area contributed by atoms with Crippen molar-refractivity contribution >= 4 is 20.8 Å². The Balaban J connectivity index is 1.75. The van der Waals surface area contributed by atoms with Crippen LogP contribution in [0.2, 0.25) is 0 Å². The third kappa shape index (κ3) is 5.70. The molecular weight excluding hydrogens is 336 g/mol. The fourth-order valence-electron chi connectivity index (χ4n) is 2.92. The molecule has 0 saturated heterocycles. The van der Waals surface area contributed by atoms with Crippen LogP contribution in [-0.2, 0) is 16.3 Å². The second-order valence-electron chi connectivity index (χ2n) is 7.01. The normalized spacial score (nSPS) is 12.2. The van der Waals surface area contributed by atoms with E-state index >= 15 is 0 Å². The molecule has 2 aromatic rings. The highest BCUT2D eigenvalue weighted by Gasteiger charge is 2.14. The van der Waals surface area contributed by atoms with Crippen molar-refractivity contribution in [2.45, 2.75) is 64.5 Å². The largest absolute Gasteiger partial charge is 0.423 e. The fourth-order valence-corrected chi connectivity index (χ4v) is 4.00. The standard InChI is InChI=1S/C20H28O4S/c1-15(2)25(22,23)12-8-6-4-5-7-9-17-10-11-18-16(3)13-20(21)24-19(18)14-17/h10-11,13-15H,4-9,12H2,1-3H3. The smallest absolute Gasteiger partial charge is 0.336 e. The van der Waals surface area contributed by atoms with Crippen molar-refractivity contribution in [3.8, 4) is 0 Å². The molecule has 0 saturated carbocycles. The number of benzene rings is 1. The molecular formula is C20H28O4S. The second-order valence-corrected chi connectivity index (χ2v) is 9.69. The maximum absolute atomic E-state index is 11.7. The molecule has 0 aliphatic rings. The minimum atomic E-state index is -2.90. The lowest BCUT2D eigenvalue weighted by Crippen LogP contribution is -2.17. The van der Waals surface area contributed by atoms with Gasteiger partial charge in [0.25, 0.3) is 0 Å². The Kier molecular flexibility index (Phi) is 6.82. The highest BCUT2D eigenvalue weighted by Crippen LogP contribution is 2.19. The van der Waals surface area contributed by atoms with Crippen LogP contribution in [0.1, 0.15) is 57.1 Å². The molecule has 2 rings (SSSR count). The lowest BCUT2D eigenvalue weighted by Gasteiger charge is -2.07. The summed E-state index contributed by atoms with van der Waals surface area (Å²) in [4.78, 5) is 11.5. The van der Waals surface area contributed by atoms with Crippen molar-refractivity contribution in [1.29, 1.82) is 0 Å². The topological polar surface area (TPSA) is 64.3 Å². The minimum Gasteiger partial charge on any atom is -0.423 e. The van der Waals surface area contributed by atoms with E-state index in [-0.39, 0.29) is 10.9 Å². The Morgan fingerprint density at radius 3 is 2.40 bits per heavy atom. The molecule has 0 amide bonds. The van der Waals surface area contributed by atoms with E-state index in [1.165, 1.54) is 11.6 Å². The Morgan fingerprint density at radius 2 is 1.68 bits per heavy atom. The predicted octanol–water partition coefficient (Wildman–Crippen LogP) is 4.42. The van der Waals surface area contributed by atoms with Gasteiger partial charge in [-0.05, 0) is 57.2 Å². The number of unbranched alkanes of at least 4 members (excludes halogenated alkanes) is 4. The van der Waals surface area contributed by atoms with E-state index in [9.17, 15) is 13.2 Å². The maximum atomic E-state index is 11.7. The van der Waals surface area contributed by atoms with Gasteiger partial charge in [-0.1, -0.05) is 31.4 Å². The summed E-state index contributed by atoms with van der Waals surface area (Å²) < 4.78 is 28.7. The zero-order valence-corrected chi connectivity index (χ0v) is 16.2. The van der Waals surface area contributed by atoms with Crippen molar-refractivity contribution in [2.24, 2.45) is 0 Å². The summed E-state index contributed by atoms with van der Waals surface area (Å²) in [5.41, 5.74) is 2.46. The van der Waals surface area contributed by atoms with Gasteiger partial charge in [-0.3, -0.25) is 0 Å². The summed E-state index contributed by atoms with van der Waals surface area (Å²) in [7, 11) is -2.90. The van der Waals surface area contributed by atoms with Crippen LogP contribution < -0.4 is 5.63 Å². The van der Waals surface area contributed by atoms with Crippen LogP contribution in [0.25, 0.3) is 11.0 Å². The van der Waals surface area contributed by atoms with Gasteiger partial charge >= 0.3 is 5.63 Å². The molecule has 0 N–H and O–H groups in total. The first kappa shape index (κ1) is 19.7. The van der Waals surface area contributed by atoms with Crippen LogP contribution in [0, 0.1) is 6.92 Å². The van der Waals surface area contributed by atoms with Crippen molar-refractivity contribution in [1.82, 2.24) is 0 Å². The molecule has 25 heavy (non-hydrogen) atoms. The van der Waals surface area contributed by atoms with Gasteiger partial charge in [0.15, 0.2) is 9.84 Å². The van der Waals surface area contributed by atoms with Gasteiger partial charge in [-0.15, -0.1) is 0 Å². The number of hydrogen-bond acceptors (Lipinski definition) is 4. The van der Waals surface area contributed by atoms with E-state index in [4.69, 9.17) is 4.42 Å². The molecule has 1 aromatic carbocycles. The molecule has 138 valence electrons. The zero-order valence-electron chi connectivity index (χ0n) is 15.4. The maximum Gasteiger partial charge on any atom is 0.336 e. The molecule has 1 heterocycles. The molecule has 0 fully saturated rings. The Labute approximate surface area is 150 Å². The number of sulfone groups is 1. The van der Waals surface area contributed by atoms with Crippen LogP contribution in [0.5, 0.6) is 0 Å². The molecule has 0 aliphatic heterocycles. The van der Waals surface area contributed by atoms with Gasteiger partial charge in [0.05, 0.1) is 11.0 Å². The van der Waals surface area contributed by atoms with Gasteiger partial charge in [-0.25, -0.2) is 13.2 Å². The molecule has 1 aromatic heterocycles. The lowest BCUT2D eigenvalue weighted by molar-refractivity contribution is 0.559. The summed E-state index contributed by atoms with van der Waals surface area (Å²) in [5.74, 6) is 0.299. The van der Waals surface area contributed by atoms with Gasteiger partial charge in [-0.2, -0.15) is 0 Å². The molecule has 4 nitrogen and oxygen atoms in total. The van der Waals surface area contributed by atoms with E-state index in [0.29, 0.717) is 11.3 Å². The van der Waals surface area contributed by atoms with E-state index in [2.05, 4.69) is 6.07 Å². The average molecular weight is 365 g/mol. The summed E-state index contributed by atoms with van der Waals surface area (Å²) in [5, 5.41) is 0.707. The Bertz CT molecular complexity index is 863. The first-order valence-electron chi connectivity index (χ1n) is 9.04. The molecule has 0 aliphatic carbocycles. The SMILES string of the molecule is Cc1cc(=O)oc2cc(CCCCCCCS(=O)(=O)C(C)C)ccc12. The predicted molar refractivity (Wildman–Crippen MR) is 103 cm³/mol. The summed E-state index contributed by atoms with van der Waals surface area (Å²) in [6.45, 7) is 5.39. The van der Waals surface area contributed by atoms with Gasteiger partial charge in [0, 0.05) is 11.5 Å². The van der Waals surface area contributed by atoms with E-state index in [0.717, 1.165) is 49.5 Å². The van der Waals surface area contributed by atoms with Gasteiger partial charge in [0.1, 0.15) is 5.58 Å². The molecule has 0 bridgehead atoms.